The number of carboxylic acid groups (broad SMARTS) is 1. The molecular weight excluding hydrogens is 323 g/mol. The van der Waals surface area contributed by atoms with Crippen LogP contribution in [-0.2, 0) is 14.6 Å². The highest BCUT2D eigenvalue weighted by Crippen LogP contribution is 2.37. The number of halogens is 1. The van der Waals surface area contributed by atoms with Gasteiger partial charge in [0.05, 0.1) is 11.4 Å². The number of hydrazone groups is 1. The van der Waals surface area contributed by atoms with E-state index in [1.807, 2.05) is 6.92 Å². The van der Waals surface area contributed by atoms with Crippen LogP contribution in [-0.4, -0.2) is 24.5 Å². The normalized spacial score (nSPS) is 15.7. The number of aryl methyl sites for hydroxylation is 1. The van der Waals surface area contributed by atoms with Gasteiger partial charge in [-0.05, 0) is 37.3 Å². The fourth-order valence-electron chi connectivity index (χ4n) is 2.22. The minimum atomic E-state index is -4.38. The maximum atomic E-state index is 13.5. The van der Waals surface area contributed by atoms with Gasteiger partial charge in [0.15, 0.2) is 0 Å². The topological polar surface area (TPSA) is 87.0 Å². The molecule has 1 aliphatic heterocycles. The van der Waals surface area contributed by atoms with Gasteiger partial charge < -0.3 is 5.11 Å². The largest absolute Gasteiger partial charge is 0.476 e. The Morgan fingerprint density at radius 3 is 2.43 bits per heavy atom. The zero-order valence-electron chi connectivity index (χ0n) is 11.9. The molecule has 0 spiro atoms. The second kappa shape index (κ2) is 5.17. The molecule has 0 atom stereocenters. The molecule has 2 aromatic carbocycles. The number of hydrogen-bond acceptors (Lipinski definition) is 5. The Bertz CT molecular complexity index is 936. The summed E-state index contributed by atoms with van der Waals surface area (Å²) >= 11 is 0. The van der Waals surface area contributed by atoms with Gasteiger partial charge in [-0.15, -0.1) is 5.10 Å². The van der Waals surface area contributed by atoms with Gasteiger partial charge in [0, 0.05) is 0 Å². The number of carboxylic acids is 1. The average molecular weight is 334 g/mol. The minimum absolute atomic E-state index is 0.0975. The van der Waals surface area contributed by atoms with Gasteiger partial charge in [-0.2, -0.15) is 0 Å². The smallest absolute Gasteiger partial charge is 0.368 e. The van der Waals surface area contributed by atoms with E-state index in [4.69, 9.17) is 5.11 Å². The molecular formula is C15H11FN2O4S. The van der Waals surface area contributed by atoms with Crippen molar-refractivity contribution in [2.45, 2.75) is 11.8 Å². The summed E-state index contributed by atoms with van der Waals surface area (Å²) in [6.07, 6.45) is 0. The second-order valence-electron chi connectivity index (χ2n) is 4.97. The first kappa shape index (κ1) is 15.2. The van der Waals surface area contributed by atoms with Crippen molar-refractivity contribution >= 4 is 32.2 Å². The first-order chi connectivity index (χ1) is 10.8. The van der Waals surface area contributed by atoms with Gasteiger partial charge in [0.25, 0.3) is 5.04 Å². The Morgan fingerprint density at radius 2 is 1.83 bits per heavy atom. The van der Waals surface area contributed by atoms with Crippen LogP contribution in [0.2, 0.25) is 0 Å². The molecule has 0 saturated heterocycles. The fourth-order valence-corrected chi connectivity index (χ4v) is 3.55. The SMILES string of the molecule is Cc1ccc(N2N=C(C(=O)O)S(=O)(=O)c3cc(F)ccc32)cc1. The summed E-state index contributed by atoms with van der Waals surface area (Å²) in [4.78, 5) is 10.8. The Morgan fingerprint density at radius 1 is 1.17 bits per heavy atom. The van der Waals surface area contributed by atoms with Gasteiger partial charge in [-0.3, -0.25) is 0 Å². The average Bonchev–Trinajstić information content (AvgIpc) is 2.48. The van der Waals surface area contributed by atoms with Crippen molar-refractivity contribution in [3.8, 4) is 0 Å². The molecule has 118 valence electrons. The fraction of sp³-hybridized carbons (Fsp3) is 0.0667. The molecule has 0 unspecified atom stereocenters. The van der Waals surface area contributed by atoms with E-state index in [-0.39, 0.29) is 5.69 Å². The molecule has 1 heterocycles. The predicted octanol–water partition coefficient (Wildman–Crippen LogP) is 2.46. The maximum absolute atomic E-state index is 13.5. The third-order valence-corrected chi connectivity index (χ3v) is 5.02. The van der Waals surface area contributed by atoms with Crippen LogP contribution in [0.1, 0.15) is 5.56 Å². The maximum Gasteiger partial charge on any atom is 0.368 e. The van der Waals surface area contributed by atoms with E-state index in [9.17, 15) is 17.6 Å². The Balaban J connectivity index is 2.29. The minimum Gasteiger partial charge on any atom is -0.476 e. The second-order valence-corrected chi connectivity index (χ2v) is 6.81. The third-order valence-electron chi connectivity index (χ3n) is 3.35. The van der Waals surface area contributed by atoms with E-state index in [1.54, 1.807) is 24.3 Å². The van der Waals surface area contributed by atoms with Crippen LogP contribution >= 0.6 is 0 Å². The number of aliphatic carboxylic acids is 1. The zero-order chi connectivity index (χ0) is 16.8. The zero-order valence-corrected chi connectivity index (χ0v) is 12.7. The molecule has 0 aromatic heterocycles. The van der Waals surface area contributed by atoms with E-state index in [1.165, 1.54) is 11.1 Å². The summed E-state index contributed by atoms with van der Waals surface area (Å²) in [5.41, 5.74) is 1.54. The first-order valence-corrected chi connectivity index (χ1v) is 8.02. The summed E-state index contributed by atoms with van der Waals surface area (Å²) in [5.74, 6) is -2.47. The number of hydrogen-bond donors (Lipinski definition) is 1. The molecule has 0 radical (unpaired) electrons. The standard InChI is InChI=1S/C15H11FN2O4S/c1-9-2-5-11(6-3-9)18-12-7-4-10(16)8-13(12)23(21,22)14(17-18)15(19)20/h2-8H,1H3,(H,19,20). The number of fused-ring (bicyclic) bond motifs is 1. The lowest BCUT2D eigenvalue weighted by molar-refractivity contribution is -0.129. The van der Waals surface area contributed by atoms with Gasteiger partial charge in [-0.25, -0.2) is 22.6 Å². The van der Waals surface area contributed by atoms with Gasteiger partial charge in [0.1, 0.15) is 10.7 Å². The quantitative estimate of drug-likeness (QED) is 0.911. The lowest BCUT2D eigenvalue weighted by Crippen LogP contribution is -2.32. The van der Waals surface area contributed by atoms with Crippen LogP contribution in [0, 0.1) is 12.7 Å². The monoisotopic (exact) mass is 334 g/mol. The van der Waals surface area contributed by atoms with E-state index < -0.39 is 31.6 Å². The molecule has 2 aromatic rings. The van der Waals surface area contributed by atoms with Crippen molar-refractivity contribution in [2.24, 2.45) is 5.10 Å². The van der Waals surface area contributed by atoms with Crippen LogP contribution < -0.4 is 5.01 Å². The van der Waals surface area contributed by atoms with Crippen molar-refractivity contribution < 1.29 is 22.7 Å². The number of nitrogens with zero attached hydrogens (tertiary/aromatic N) is 2. The molecule has 1 N–H and O–H groups in total. The summed E-state index contributed by atoms with van der Waals surface area (Å²) < 4.78 is 38.1. The molecule has 0 fully saturated rings. The van der Waals surface area contributed by atoms with Gasteiger partial charge >= 0.3 is 5.97 Å². The van der Waals surface area contributed by atoms with Crippen molar-refractivity contribution in [3.63, 3.8) is 0 Å². The molecule has 23 heavy (non-hydrogen) atoms. The van der Waals surface area contributed by atoms with Crippen molar-refractivity contribution in [3.05, 3.63) is 53.8 Å². The molecule has 0 bridgehead atoms. The van der Waals surface area contributed by atoms with E-state index >= 15 is 0 Å². The van der Waals surface area contributed by atoms with Crippen molar-refractivity contribution in [2.75, 3.05) is 5.01 Å². The van der Waals surface area contributed by atoms with Crippen molar-refractivity contribution in [1.29, 1.82) is 0 Å². The molecule has 0 aliphatic carbocycles. The summed E-state index contributed by atoms with van der Waals surface area (Å²) in [6, 6.07) is 10.0. The number of sulfone groups is 1. The van der Waals surface area contributed by atoms with Crippen LogP contribution in [0.5, 0.6) is 0 Å². The Labute approximate surface area is 131 Å². The molecule has 0 amide bonds. The van der Waals surface area contributed by atoms with Crippen molar-refractivity contribution in [1.82, 2.24) is 0 Å². The third kappa shape index (κ3) is 2.46. The lowest BCUT2D eigenvalue weighted by Gasteiger charge is -2.26. The highest BCUT2D eigenvalue weighted by molar-refractivity contribution is 8.08. The van der Waals surface area contributed by atoms with E-state index in [0.717, 1.165) is 17.7 Å². The molecule has 8 heteroatoms. The number of benzene rings is 2. The highest BCUT2D eigenvalue weighted by atomic mass is 32.2. The molecule has 1 aliphatic rings. The van der Waals surface area contributed by atoms with Gasteiger partial charge in [0.2, 0.25) is 9.84 Å². The predicted molar refractivity (Wildman–Crippen MR) is 82.0 cm³/mol. The molecule has 3 rings (SSSR count). The lowest BCUT2D eigenvalue weighted by atomic mass is 10.2. The molecule has 0 saturated carbocycles. The van der Waals surface area contributed by atoms with E-state index in [0.29, 0.717) is 5.69 Å². The van der Waals surface area contributed by atoms with Crippen LogP contribution in [0.15, 0.2) is 52.5 Å². The first-order valence-electron chi connectivity index (χ1n) is 6.54. The summed E-state index contributed by atoms with van der Waals surface area (Å²) in [5, 5.41) is 13.0. The highest BCUT2D eigenvalue weighted by Gasteiger charge is 2.38. The van der Waals surface area contributed by atoms with Crippen LogP contribution in [0.3, 0.4) is 0 Å². The summed E-state index contributed by atoms with van der Waals surface area (Å²) in [7, 11) is -4.38. The van der Waals surface area contributed by atoms with E-state index in [2.05, 4.69) is 5.10 Å². The number of rotatable bonds is 2. The van der Waals surface area contributed by atoms with Crippen LogP contribution in [0.25, 0.3) is 0 Å². The summed E-state index contributed by atoms with van der Waals surface area (Å²) in [6.45, 7) is 1.87. The Kier molecular flexibility index (Phi) is 3.41. The molecule has 6 nitrogen and oxygen atoms in total. The number of carbonyl (C=O) groups is 1. The number of anilines is 2. The van der Waals surface area contributed by atoms with Gasteiger partial charge in [-0.1, -0.05) is 17.7 Å². The Hall–Kier alpha value is -2.74. The van der Waals surface area contributed by atoms with Crippen LogP contribution in [0.4, 0.5) is 15.8 Å².